The van der Waals surface area contributed by atoms with Gasteiger partial charge in [0.1, 0.15) is 0 Å². The molecule has 1 atom stereocenters. The summed E-state index contributed by atoms with van der Waals surface area (Å²) in [5, 5.41) is 0.406. The third-order valence-corrected chi connectivity index (χ3v) is 3.21. The number of hydrogen-bond acceptors (Lipinski definition) is 3. The first-order valence-electron chi connectivity index (χ1n) is 5.31. The summed E-state index contributed by atoms with van der Waals surface area (Å²) in [4.78, 5) is 17.8. The van der Waals surface area contributed by atoms with Crippen molar-refractivity contribution < 1.29 is 4.79 Å². The highest BCUT2D eigenvalue weighted by atomic mass is 35.5. The number of nitrogens with two attached hydrogens (primary N) is 1. The quantitative estimate of drug-likeness (QED) is 0.908. The highest BCUT2D eigenvalue weighted by Crippen LogP contribution is 2.21. The van der Waals surface area contributed by atoms with Gasteiger partial charge in [0.25, 0.3) is 5.91 Å². The zero-order valence-electron chi connectivity index (χ0n) is 9.71. The molecule has 0 aromatic carbocycles. The van der Waals surface area contributed by atoms with Gasteiger partial charge >= 0.3 is 0 Å². The number of halogens is 3. The van der Waals surface area contributed by atoms with Crippen molar-refractivity contribution in [1.82, 2.24) is 9.88 Å². The molecule has 1 aromatic heterocycles. The molecule has 4 nitrogen and oxygen atoms in total. The Hall–Kier alpha value is -0.550. The van der Waals surface area contributed by atoms with E-state index in [9.17, 15) is 4.79 Å². The van der Waals surface area contributed by atoms with Gasteiger partial charge in [-0.3, -0.25) is 9.78 Å². The molecule has 1 aliphatic rings. The first kappa shape index (κ1) is 17.4. The maximum Gasteiger partial charge on any atom is 0.255 e. The van der Waals surface area contributed by atoms with E-state index in [1.807, 2.05) is 0 Å². The SMILES string of the molecule is Cl.Cl.NCC1CCN(C(=O)c2ccncc2Cl)C1. The van der Waals surface area contributed by atoms with Crippen LogP contribution in [0.3, 0.4) is 0 Å². The smallest absolute Gasteiger partial charge is 0.255 e. The van der Waals surface area contributed by atoms with E-state index in [1.54, 1.807) is 17.2 Å². The molecule has 0 radical (unpaired) electrons. The molecule has 7 heteroatoms. The second-order valence-electron chi connectivity index (χ2n) is 4.00. The lowest BCUT2D eigenvalue weighted by Crippen LogP contribution is -2.30. The predicted molar refractivity (Wildman–Crippen MR) is 76.8 cm³/mol. The largest absolute Gasteiger partial charge is 0.338 e. The zero-order chi connectivity index (χ0) is 11.5. The highest BCUT2D eigenvalue weighted by molar-refractivity contribution is 6.33. The van der Waals surface area contributed by atoms with E-state index in [0.717, 1.165) is 19.5 Å². The summed E-state index contributed by atoms with van der Waals surface area (Å²) >= 11 is 5.93. The topological polar surface area (TPSA) is 59.2 Å². The van der Waals surface area contributed by atoms with Crippen molar-refractivity contribution in [3.8, 4) is 0 Å². The van der Waals surface area contributed by atoms with Gasteiger partial charge in [-0.25, -0.2) is 0 Å². The summed E-state index contributed by atoms with van der Waals surface area (Å²) in [5.41, 5.74) is 6.11. The minimum Gasteiger partial charge on any atom is -0.338 e. The molecule has 1 saturated heterocycles. The Morgan fingerprint density at radius 2 is 2.28 bits per heavy atom. The molecule has 1 amide bonds. The van der Waals surface area contributed by atoms with Crippen molar-refractivity contribution in [3.05, 3.63) is 29.0 Å². The van der Waals surface area contributed by atoms with Crippen molar-refractivity contribution in [2.24, 2.45) is 11.7 Å². The molecule has 18 heavy (non-hydrogen) atoms. The van der Waals surface area contributed by atoms with Crippen LogP contribution in [0, 0.1) is 5.92 Å². The average Bonchev–Trinajstić information content (AvgIpc) is 2.77. The lowest BCUT2D eigenvalue weighted by molar-refractivity contribution is 0.0787. The summed E-state index contributed by atoms with van der Waals surface area (Å²) in [6.45, 7) is 2.13. The van der Waals surface area contributed by atoms with Crippen LogP contribution in [0.25, 0.3) is 0 Å². The second-order valence-corrected chi connectivity index (χ2v) is 4.40. The molecule has 2 N–H and O–H groups in total. The van der Waals surface area contributed by atoms with Gasteiger partial charge in [0, 0.05) is 25.5 Å². The van der Waals surface area contributed by atoms with E-state index in [4.69, 9.17) is 17.3 Å². The second kappa shape index (κ2) is 7.79. The van der Waals surface area contributed by atoms with Crippen LogP contribution < -0.4 is 5.73 Å². The number of likely N-dealkylation sites (tertiary alicyclic amines) is 1. The molecule has 1 aromatic rings. The number of pyridine rings is 1. The predicted octanol–water partition coefficient (Wildman–Crippen LogP) is 2.00. The normalized spacial score (nSPS) is 17.9. The monoisotopic (exact) mass is 311 g/mol. The van der Waals surface area contributed by atoms with Crippen LogP contribution in [0.15, 0.2) is 18.5 Å². The van der Waals surface area contributed by atoms with E-state index in [2.05, 4.69) is 4.98 Å². The summed E-state index contributed by atoms with van der Waals surface area (Å²) in [6, 6.07) is 1.65. The summed E-state index contributed by atoms with van der Waals surface area (Å²) in [5.74, 6) is 0.396. The van der Waals surface area contributed by atoms with Crippen LogP contribution in [0.2, 0.25) is 5.02 Å². The fourth-order valence-electron chi connectivity index (χ4n) is 1.93. The lowest BCUT2D eigenvalue weighted by Gasteiger charge is -2.16. The van der Waals surface area contributed by atoms with Gasteiger partial charge in [-0.05, 0) is 24.9 Å². The number of carbonyl (C=O) groups excluding carboxylic acids is 1. The first-order chi connectivity index (χ1) is 7.72. The number of carbonyl (C=O) groups is 1. The van der Waals surface area contributed by atoms with E-state index in [-0.39, 0.29) is 30.7 Å². The average molecular weight is 313 g/mol. The van der Waals surface area contributed by atoms with Crippen LogP contribution in [0.4, 0.5) is 0 Å². The molecule has 0 bridgehead atoms. The van der Waals surface area contributed by atoms with E-state index < -0.39 is 0 Å². The van der Waals surface area contributed by atoms with E-state index in [0.29, 0.717) is 23.0 Å². The maximum atomic E-state index is 12.1. The molecule has 102 valence electrons. The minimum absolute atomic E-state index is 0. The van der Waals surface area contributed by atoms with Crippen LogP contribution in [0.1, 0.15) is 16.8 Å². The Balaban J connectivity index is 0.00000144. The summed E-state index contributed by atoms with van der Waals surface area (Å²) < 4.78 is 0. The molecular formula is C11H16Cl3N3O. The van der Waals surface area contributed by atoms with Gasteiger partial charge in [-0.15, -0.1) is 24.8 Å². The van der Waals surface area contributed by atoms with Crippen LogP contribution in [-0.4, -0.2) is 35.4 Å². The molecule has 1 aliphatic heterocycles. The molecule has 1 fully saturated rings. The Morgan fingerprint density at radius 1 is 1.56 bits per heavy atom. The number of nitrogens with zero attached hydrogens (tertiary/aromatic N) is 2. The van der Waals surface area contributed by atoms with Crippen molar-refractivity contribution in [1.29, 1.82) is 0 Å². The Bertz CT molecular complexity index is 403. The molecule has 2 heterocycles. The standard InChI is InChI=1S/C11H14ClN3O.2ClH/c12-10-6-14-3-1-9(10)11(16)15-4-2-8(5-13)7-15;;/h1,3,6,8H,2,4-5,7,13H2;2*1H. The van der Waals surface area contributed by atoms with Crippen LogP contribution in [-0.2, 0) is 0 Å². The third-order valence-electron chi connectivity index (χ3n) is 2.91. The summed E-state index contributed by atoms with van der Waals surface area (Å²) in [7, 11) is 0. The zero-order valence-corrected chi connectivity index (χ0v) is 12.1. The fourth-order valence-corrected chi connectivity index (χ4v) is 2.13. The van der Waals surface area contributed by atoms with Crippen molar-refractivity contribution >= 4 is 42.3 Å². The van der Waals surface area contributed by atoms with Crippen LogP contribution >= 0.6 is 36.4 Å². The van der Waals surface area contributed by atoms with Gasteiger partial charge in [-0.1, -0.05) is 11.6 Å². The number of amides is 1. The fraction of sp³-hybridized carbons (Fsp3) is 0.455. The molecule has 0 spiro atoms. The van der Waals surface area contributed by atoms with Crippen molar-refractivity contribution in [2.75, 3.05) is 19.6 Å². The van der Waals surface area contributed by atoms with Gasteiger partial charge in [0.2, 0.25) is 0 Å². The molecule has 0 saturated carbocycles. The molecule has 2 rings (SSSR count). The van der Waals surface area contributed by atoms with Gasteiger partial charge < -0.3 is 10.6 Å². The summed E-state index contributed by atoms with van der Waals surface area (Å²) in [6.07, 6.45) is 4.05. The van der Waals surface area contributed by atoms with E-state index in [1.165, 1.54) is 6.20 Å². The molecule has 0 aliphatic carbocycles. The van der Waals surface area contributed by atoms with Crippen LogP contribution in [0.5, 0.6) is 0 Å². The van der Waals surface area contributed by atoms with Gasteiger partial charge in [0.05, 0.1) is 10.6 Å². The highest BCUT2D eigenvalue weighted by Gasteiger charge is 2.26. The Labute approximate surface area is 124 Å². The van der Waals surface area contributed by atoms with Gasteiger partial charge in [0.15, 0.2) is 0 Å². The van der Waals surface area contributed by atoms with Crippen molar-refractivity contribution in [2.45, 2.75) is 6.42 Å². The Kier molecular flexibility index (Phi) is 7.55. The van der Waals surface area contributed by atoms with Gasteiger partial charge in [-0.2, -0.15) is 0 Å². The van der Waals surface area contributed by atoms with E-state index >= 15 is 0 Å². The minimum atomic E-state index is -0.0247. The molecule has 1 unspecified atom stereocenters. The Morgan fingerprint density at radius 3 is 2.83 bits per heavy atom. The maximum absolute atomic E-state index is 12.1. The third kappa shape index (κ3) is 3.72. The molecular weight excluding hydrogens is 296 g/mol. The number of hydrogen-bond donors (Lipinski definition) is 1. The lowest BCUT2D eigenvalue weighted by atomic mass is 10.1. The van der Waals surface area contributed by atoms with Crippen molar-refractivity contribution in [3.63, 3.8) is 0 Å². The number of aromatic nitrogens is 1. The first-order valence-corrected chi connectivity index (χ1v) is 5.69. The number of rotatable bonds is 2.